The van der Waals surface area contributed by atoms with Gasteiger partial charge in [-0.05, 0) is 61.8 Å². The third kappa shape index (κ3) is 2.84. The Balaban J connectivity index is 1.11. The molecule has 8 atom stereocenters. The molecule has 0 aromatic carbocycles. The van der Waals surface area contributed by atoms with E-state index in [2.05, 4.69) is 17.9 Å². The number of hydrogen-bond acceptors (Lipinski definition) is 5. The highest BCUT2D eigenvalue weighted by molar-refractivity contribution is 5.75. The molecule has 5 heterocycles. The van der Waals surface area contributed by atoms with Gasteiger partial charge >= 0.3 is 5.97 Å². The number of fused-ring (bicyclic) bond motifs is 7. The Labute approximate surface area is 189 Å². The van der Waals surface area contributed by atoms with Crippen LogP contribution in [0.3, 0.4) is 0 Å². The highest BCUT2D eigenvalue weighted by atomic mass is 16.6. The van der Waals surface area contributed by atoms with Crippen LogP contribution in [0.25, 0.3) is 0 Å². The van der Waals surface area contributed by atoms with Gasteiger partial charge in [0.1, 0.15) is 6.10 Å². The van der Waals surface area contributed by atoms with E-state index in [1.165, 1.54) is 25.0 Å². The standard InChI is InChI=1S/C26H34N2O4/c1-25-6-3-7-26(15-31-26)22(25)9-18-19(24(30)32-21(18)10-25)14-27-11-16-8-17(13-27)20-4-2-5-23(29)28(20)12-16/h2,4-5,16-19,21-22H,3,6-15H2,1H3/t16-,17-,18-,19-,21+,22+,25+,26-/m0/s1. The third-order valence-corrected chi connectivity index (χ3v) is 10.1. The monoisotopic (exact) mass is 438 g/mol. The molecule has 2 bridgehead atoms. The number of aromatic nitrogens is 1. The molecule has 0 N–H and O–H groups in total. The molecule has 6 heteroatoms. The molecule has 4 aliphatic heterocycles. The number of nitrogens with zero attached hydrogens (tertiary/aromatic N) is 2. The van der Waals surface area contributed by atoms with Crippen LogP contribution >= 0.6 is 0 Å². The van der Waals surface area contributed by atoms with Gasteiger partial charge in [0.25, 0.3) is 5.56 Å². The summed E-state index contributed by atoms with van der Waals surface area (Å²) in [6.07, 6.45) is 7.00. The van der Waals surface area contributed by atoms with E-state index in [1.54, 1.807) is 6.07 Å². The van der Waals surface area contributed by atoms with Gasteiger partial charge in [0, 0.05) is 49.8 Å². The SMILES string of the molecule is C[C@]12CCC[C@]3(CO3)[C@@H]1C[C@H]1[C@H](CN3C[C@@H]4C[C@@H](C3)c3cccc(=O)n3C4)C(=O)O[C@@H]1C2. The van der Waals surface area contributed by atoms with E-state index >= 15 is 0 Å². The second-order valence-electron chi connectivity index (χ2n) is 12.0. The maximum atomic E-state index is 13.1. The van der Waals surface area contributed by atoms with E-state index in [-0.39, 0.29) is 34.6 Å². The average molecular weight is 439 g/mol. The van der Waals surface area contributed by atoms with Crippen LogP contribution in [0.5, 0.6) is 0 Å². The predicted molar refractivity (Wildman–Crippen MR) is 118 cm³/mol. The highest BCUT2D eigenvalue weighted by Crippen LogP contribution is 2.62. The summed E-state index contributed by atoms with van der Waals surface area (Å²) < 4.78 is 14.1. The molecule has 0 unspecified atom stereocenters. The second-order valence-corrected chi connectivity index (χ2v) is 12.0. The molecule has 7 rings (SSSR count). The molecule has 0 amide bonds. The van der Waals surface area contributed by atoms with Gasteiger partial charge in [-0.2, -0.15) is 0 Å². The van der Waals surface area contributed by atoms with Gasteiger partial charge in [-0.3, -0.25) is 9.59 Å². The van der Waals surface area contributed by atoms with Gasteiger partial charge in [-0.1, -0.05) is 13.0 Å². The van der Waals surface area contributed by atoms with Crippen molar-refractivity contribution in [2.24, 2.45) is 29.1 Å². The van der Waals surface area contributed by atoms with E-state index in [0.29, 0.717) is 23.7 Å². The summed E-state index contributed by atoms with van der Waals surface area (Å²) in [5.41, 5.74) is 1.66. The average Bonchev–Trinajstić information content (AvgIpc) is 3.46. The fourth-order valence-corrected chi connectivity index (χ4v) is 8.59. The molecule has 3 saturated heterocycles. The lowest BCUT2D eigenvalue weighted by Crippen LogP contribution is -2.52. The van der Waals surface area contributed by atoms with Crippen molar-refractivity contribution in [2.75, 3.05) is 26.2 Å². The Hall–Kier alpha value is -1.66. The zero-order valence-corrected chi connectivity index (χ0v) is 19.0. The Kier molecular flexibility index (Phi) is 4.14. The van der Waals surface area contributed by atoms with E-state index in [1.807, 2.05) is 10.6 Å². The number of piperidine rings is 1. The third-order valence-electron chi connectivity index (χ3n) is 10.1. The normalized spacial score (nSPS) is 46.8. The number of ether oxygens (including phenoxy) is 2. The molecule has 1 spiro atoms. The number of carbonyl (C=O) groups excluding carboxylic acids is 1. The van der Waals surface area contributed by atoms with E-state index in [9.17, 15) is 9.59 Å². The molecule has 6 aliphatic rings. The first-order chi connectivity index (χ1) is 15.4. The largest absolute Gasteiger partial charge is 0.462 e. The maximum absolute atomic E-state index is 13.1. The van der Waals surface area contributed by atoms with Crippen LogP contribution < -0.4 is 5.56 Å². The van der Waals surface area contributed by atoms with Crippen LogP contribution in [0.2, 0.25) is 0 Å². The summed E-state index contributed by atoms with van der Waals surface area (Å²) in [6.45, 7) is 6.87. The first-order valence-electron chi connectivity index (χ1n) is 12.7. The summed E-state index contributed by atoms with van der Waals surface area (Å²) >= 11 is 0. The molecule has 6 nitrogen and oxygen atoms in total. The van der Waals surface area contributed by atoms with Crippen molar-refractivity contribution in [3.8, 4) is 0 Å². The zero-order valence-electron chi connectivity index (χ0n) is 19.0. The van der Waals surface area contributed by atoms with Gasteiger partial charge in [-0.25, -0.2) is 0 Å². The minimum Gasteiger partial charge on any atom is -0.462 e. The lowest BCUT2D eigenvalue weighted by Gasteiger charge is -2.52. The second kappa shape index (κ2) is 6.69. The topological polar surface area (TPSA) is 64.1 Å². The van der Waals surface area contributed by atoms with Crippen LogP contribution in [0.15, 0.2) is 23.0 Å². The Morgan fingerprint density at radius 3 is 2.84 bits per heavy atom. The predicted octanol–water partition coefficient (Wildman–Crippen LogP) is 2.79. The van der Waals surface area contributed by atoms with Crippen LogP contribution in [-0.4, -0.2) is 53.4 Å². The summed E-state index contributed by atoms with van der Waals surface area (Å²) in [5.74, 6) is 1.80. The Bertz CT molecular complexity index is 1020. The number of hydrogen-bond donors (Lipinski definition) is 0. The van der Waals surface area contributed by atoms with Crippen molar-refractivity contribution >= 4 is 5.97 Å². The van der Waals surface area contributed by atoms with Gasteiger partial charge in [0.2, 0.25) is 0 Å². The minimum absolute atomic E-state index is 0.0148. The lowest BCUT2D eigenvalue weighted by atomic mass is 9.53. The van der Waals surface area contributed by atoms with Gasteiger partial charge in [0.15, 0.2) is 0 Å². The number of esters is 1. The van der Waals surface area contributed by atoms with Crippen molar-refractivity contribution in [1.82, 2.24) is 9.47 Å². The summed E-state index contributed by atoms with van der Waals surface area (Å²) in [7, 11) is 0. The minimum atomic E-state index is -0.0148. The molecule has 2 aliphatic carbocycles. The maximum Gasteiger partial charge on any atom is 0.310 e. The fourth-order valence-electron chi connectivity index (χ4n) is 8.59. The first-order valence-corrected chi connectivity index (χ1v) is 12.7. The zero-order chi connectivity index (χ0) is 21.7. The van der Waals surface area contributed by atoms with Gasteiger partial charge < -0.3 is 18.9 Å². The van der Waals surface area contributed by atoms with E-state index < -0.39 is 0 Å². The van der Waals surface area contributed by atoms with Crippen molar-refractivity contribution in [3.05, 3.63) is 34.2 Å². The van der Waals surface area contributed by atoms with E-state index in [4.69, 9.17) is 9.47 Å². The van der Waals surface area contributed by atoms with Gasteiger partial charge in [0.05, 0.1) is 18.1 Å². The van der Waals surface area contributed by atoms with Crippen molar-refractivity contribution in [3.63, 3.8) is 0 Å². The number of pyridine rings is 1. The molecule has 32 heavy (non-hydrogen) atoms. The van der Waals surface area contributed by atoms with Crippen LogP contribution in [0, 0.1) is 29.1 Å². The number of likely N-dealkylation sites (tertiary alicyclic amines) is 1. The van der Waals surface area contributed by atoms with Crippen LogP contribution in [0.4, 0.5) is 0 Å². The fraction of sp³-hybridized carbons (Fsp3) is 0.769. The molecular formula is C26H34N2O4. The molecule has 172 valence electrons. The Morgan fingerprint density at radius 2 is 2.00 bits per heavy atom. The van der Waals surface area contributed by atoms with Gasteiger partial charge in [-0.15, -0.1) is 0 Å². The van der Waals surface area contributed by atoms with E-state index in [0.717, 1.165) is 52.0 Å². The highest BCUT2D eigenvalue weighted by Gasteiger charge is 2.65. The molecule has 1 aromatic heterocycles. The quantitative estimate of drug-likeness (QED) is 0.525. The van der Waals surface area contributed by atoms with Crippen molar-refractivity contribution in [2.45, 2.75) is 69.6 Å². The number of rotatable bonds is 2. The van der Waals surface area contributed by atoms with Crippen molar-refractivity contribution in [1.29, 1.82) is 0 Å². The summed E-state index contributed by atoms with van der Waals surface area (Å²) in [6, 6.07) is 5.69. The smallest absolute Gasteiger partial charge is 0.310 e. The number of carbonyl (C=O) groups is 1. The molecular weight excluding hydrogens is 404 g/mol. The lowest BCUT2D eigenvalue weighted by molar-refractivity contribution is -0.147. The van der Waals surface area contributed by atoms with Crippen LogP contribution in [-0.2, 0) is 20.8 Å². The molecule has 0 radical (unpaired) electrons. The first kappa shape index (κ1) is 19.8. The molecule has 5 fully saturated rings. The van der Waals surface area contributed by atoms with Crippen LogP contribution in [0.1, 0.15) is 57.1 Å². The number of epoxide rings is 1. The summed E-state index contributed by atoms with van der Waals surface area (Å²) in [5, 5.41) is 0. The Morgan fingerprint density at radius 1 is 1.12 bits per heavy atom. The molecule has 2 saturated carbocycles. The molecule has 1 aromatic rings. The van der Waals surface area contributed by atoms with Crippen molar-refractivity contribution < 1.29 is 14.3 Å². The summed E-state index contributed by atoms with van der Waals surface area (Å²) in [4.78, 5) is 27.9.